The van der Waals surface area contributed by atoms with E-state index in [2.05, 4.69) is 5.32 Å². The minimum absolute atomic E-state index is 0.0114. The third-order valence-electron chi connectivity index (χ3n) is 5.89. The quantitative estimate of drug-likeness (QED) is 0.787. The van der Waals surface area contributed by atoms with Crippen LogP contribution in [0.5, 0.6) is 0 Å². The van der Waals surface area contributed by atoms with E-state index in [0.717, 1.165) is 29.3 Å². The average molecular weight is 445 g/mol. The first kappa shape index (κ1) is 19.7. The van der Waals surface area contributed by atoms with E-state index >= 15 is 0 Å². The molecular formula is C21H17F2N3O4S. The summed E-state index contributed by atoms with van der Waals surface area (Å²) < 4.78 is 53.2. The number of carbonyl (C=O) groups excluding carboxylic acids is 2. The Bertz CT molecular complexity index is 1260. The fourth-order valence-corrected chi connectivity index (χ4v) is 5.91. The zero-order valence-electron chi connectivity index (χ0n) is 16.1. The van der Waals surface area contributed by atoms with Gasteiger partial charge in [0.25, 0.3) is 10.0 Å². The number of fused-ring (bicyclic) bond motifs is 3. The molecule has 1 N–H and O–H groups in total. The van der Waals surface area contributed by atoms with Crippen LogP contribution in [0.15, 0.2) is 53.4 Å². The third-order valence-corrected chi connectivity index (χ3v) is 7.66. The smallest absolute Gasteiger partial charge is 0.334 e. The second-order valence-corrected chi connectivity index (χ2v) is 9.59. The summed E-state index contributed by atoms with van der Waals surface area (Å²) in [5.41, 5.74) is 1.69. The van der Waals surface area contributed by atoms with Gasteiger partial charge < -0.3 is 10.2 Å². The molecule has 1 fully saturated rings. The Hall–Kier alpha value is -3.27. The summed E-state index contributed by atoms with van der Waals surface area (Å²) >= 11 is 0. The minimum atomic E-state index is -4.37. The molecule has 5 rings (SSSR count). The van der Waals surface area contributed by atoms with Gasteiger partial charge in [-0.3, -0.25) is 4.79 Å². The van der Waals surface area contributed by atoms with Crippen LogP contribution in [-0.4, -0.2) is 48.7 Å². The molecule has 1 saturated heterocycles. The molecule has 2 aromatic rings. The molecule has 3 aliphatic rings. The Morgan fingerprint density at radius 2 is 1.90 bits per heavy atom. The van der Waals surface area contributed by atoms with Gasteiger partial charge in [0.2, 0.25) is 5.91 Å². The van der Waals surface area contributed by atoms with Gasteiger partial charge in [-0.15, -0.1) is 0 Å². The van der Waals surface area contributed by atoms with E-state index in [1.807, 2.05) is 12.1 Å². The van der Waals surface area contributed by atoms with E-state index in [9.17, 15) is 26.8 Å². The second kappa shape index (κ2) is 6.88. The van der Waals surface area contributed by atoms with Crippen molar-refractivity contribution < 1.29 is 26.8 Å². The number of sulfonamides is 1. The number of carbonyl (C=O) groups is 2. The van der Waals surface area contributed by atoms with Gasteiger partial charge in [0.05, 0.1) is 11.7 Å². The number of anilines is 1. The summed E-state index contributed by atoms with van der Waals surface area (Å²) in [6.07, 6.45) is 2.54. The molecule has 160 valence electrons. The van der Waals surface area contributed by atoms with Gasteiger partial charge in [-0.05, 0) is 47.9 Å². The first-order valence-corrected chi connectivity index (χ1v) is 11.1. The molecule has 0 saturated carbocycles. The fraction of sp³-hybridized carbons (Fsp3) is 0.238. The molecular weight excluding hydrogens is 428 g/mol. The predicted octanol–water partition coefficient (Wildman–Crippen LogP) is 2.82. The lowest BCUT2D eigenvalue weighted by Crippen LogP contribution is -2.50. The van der Waals surface area contributed by atoms with Crippen LogP contribution in [0.3, 0.4) is 0 Å². The topological polar surface area (TPSA) is 86.8 Å². The molecule has 2 atom stereocenters. The number of halogens is 2. The molecule has 7 nitrogen and oxygen atoms in total. The van der Waals surface area contributed by atoms with Crippen molar-refractivity contribution in [2.75, 3.05) is 18.4 Å². The largest absolute Gasteiger partial charge is 0.336 e. The average Bonchev–Trinajstić information content (AvgIpc) is 3.33. The fourth-order valence-electron chi connectivity index (χ4n) is 4.47. The van der Waals surface area contributed by atoms with Crippen LogP contribution in [0, 0.1) is 17.6 Å². The summed E-state index contributed by atoms with van der Waals surface area (Å²) in [7, 11) is -4.37. The van der Waals surface area contributed by atoms with Gasteiger partial charge >= 0.3 is 6.03 Å². The molecule has 0 spiro atoms. The number of hydrogen-bond acceptors (Lipinski definition) is 4. The first-order valence-electron chi connectivity index (χ1n) is 9.64. The van der Waals surface area contributed by atoms with Gasteiger partial charge in [-0.2, -0.15) is 0 Å². The van der Waals surface area contributed by atoms with Crippen molar-refractivity contribution in [3.8, 4) is 0 Å². The van der Waals surface area contributed by atoms with Crippen LogP contribution in [0.4, 0.5) is 19.3 Å². The Balaban J connectivity index is 1.36. The van der Waals surface area contributed by atoms with Crippen molar-refractivity contribution >= 4 is 33.2 Å². The molecule has 0 aromatic heterocycles. The number of nitrogens with one attached hydrogen (secondary N) is 1. The highest BCUT2D eigenvalue weighted by Gasteiger charge is 2.44. The van der Waals surface area contributed by atoms with Crippen molar-refractivity contribution in [1.82, 2.24) is 9.21 Å². The Morgan fingerprint density at radius 3 is 2.61 bits per heavy atom. The number of hydrogen-bond donors (Lipinski definition) is 1. The number of amides is 3. The van der Waals surface area contributed by atoms with Crippen molar-refractivity contribution in [3.63, 3.8) is 0 Å². The normalized spacial score (nSPS) is 23.4. The summed E-state index contributed by atoms with van der Waals surface area (Å²) in [5, 5.41) is 2.38. The molecule has 3 amide bonds. The highest BCUT2D eigenvalue weighted by atomic mass is 32.2. The maximum atomic E-state index is 13.6. The molecule has 2 heterocycles. The lowest BCUT2D eigenvalue weighted by atomic mass is 9.95. The van der Waals surface area contributed by atoms with Crippen molar-refractivity contribution in [3.05, 3.63) is 65.7 Å². The first-order chi connectivity index (χ1) is 14.7. The van der Waals surface area contributed by atoms with E-state index in [-0.39, 0.29) is 23.5 Å². The summed E-state index contributed by atoms with van der Waals surface area (Å²) in [6.45, 7) is -0.330. The van der Waals surface area contributed by atoms with Crippen molar-refractivity contribution in [1.29, 1.82) is 0 Å². The van der Waals surface area contributed by atoms with E-state index in [4.69, 9.17) is 0 Å². The lowest BCUT2D eigenvalue weighted by Gasteiger charge is -2.32. The van der Waals surface area contributed by atoms with E-state index in [1.54, 1.807) is 6.07 Å². The second-order valence-electron chi connectivity index (χ2n) is 7.76. The zero-order chi connectivity index (χ0) is 21.9. The number of rotatable bonds is 3. The van der Waals surface area contributed by atoms with Crippen LogP contribution in [0.1, 0.15) is 12.0 Å². The Labute approximate surface area is 177 Å². The van der Waals surface area contributed by atoms with Gasteiger partial charge in [-0.1, -0.05) is 18.2 Å². The number of urea groups is 1. The van der Waals surface area contributed by atoms with Gasteiger partial charge in [0.15, 0.2) is 0 Å². The number of likely N-dealkylation sites (tertiary alicyclic amines) is 1. The maximum Gasteiger partial charge on any atom is 0.336 e. The monoisotopic (exact) mass is 445 g/mol. The van der Waals surface area contributed by atoms with Crippen molar-refractivity contribution in [2.24, 2.45) is 5.92 Å². The summed E-state index contributed by atoms with van der Waals surface area (Å²) in [5.74, 6) is -1.62. The maximum absolute atomic E-state index is 13.6. The predicted molar refractivity (Wildman–Crippen MR) is 107 cm³/mol. The standard InChI is InChI=1S/C21H17F2N3O4S/c22-14-3-1-2-12(6-14)17-9-16-7-13(17)10-25(16)20(27)11-26-21(28)24-18-5-4-15(23)8-19(18)31(26,29)30/h1-6,8-9,13,16H,7,10-11H2,(H,24,28)/t13-,16-/m0/s1. The van der Waals surface area contributed by atoms with Crippen LogP contribution in [0.25, 0.3) is 5.57 Å². The molecule has 2 bridgehead atoms. The molecule has 2 aromatic carbocycles. The van der Waals surface area contributed by atoms with E-state index < -0.39 is 39.2 Å². The third kappa shape index (κ3) is 3.18. The highest BCUT2D eigenvalue weighted by molar-refractivity contribution is 7.90. The Kier molecular flexibility index (Phi) is 4.37. The molecule has 0 unspecified atom stereocenters. The summed E-state index contributed by atoms with van der Waals surface area (Å²) in [4.78, 5) is 26.4. The van der Waals surface area contributed by atoms with Crippen LogP contribution >= 0.6 is 0 Å². The molecule has 10 heteroatoms. The van der Waals surface area contributed by atoms with E-state index in [0.29, 0.717) is 17.3 Å². The van der Waals surface area contributed by atoms with Crippen LogP contribution in [-0.2, 0) is 14.8 Å². The lowest BCUT2D eigenvalue weighted by molar-refractivity contribution is -0.131. The van der Waals surface area contributed by atoms with Crippen LogP contribution in [0.2, 0.25) is 0 Å². The summed E-state index contributed by atoms with van der Waals surface area (Å²) in [6, 6.07) is 8.04. The number of nitrogens with zero attached hydrogens (tertiary/aromatic N) is 2. The molecule has 0 radical (unpaired) electrons. The zero-order valence-corrected chi connectivity index (χ0v) is 16.9. The molecule has 31 heavy (non-hydrogen) atoms. The van der Waals surface area contributed by atoms with Gasteiger partial charge in [0.1, 0.15) is 23.1 Å². The number of benzene rings is 2. The Morgan fingerprint density at radius 1 is 1.13 bits per heavy atom. The SMILES string of the molecule is O=C(CN1C(=O)Nc2ccc(F)cc2S1(=O)=O)N1C[C@@H]2C[C@H]1C=C2c1cccc(F)c1. The van der Waals surface area contributed by atoms with Gasteiger partial charge in [-0.25, -0.2) is 26.3 Å². The molecule has 1 aliphatic carbocycles. The highest BCUT2D eigenvalue weighted by Crippen LogP contribution is 2.42. The van der Waals surface area contributed by atoms with Crippen molar-refractivity contribution in [2.45, 2.75) is 17.4 Å². The van der Waals surface area contributed by atoms with Gasteiger partial charge in [0, 0.05) is 12.5 Å². The van der Waals surface area contributed by atoms with Crippen LogP contribution < -0.4 is 5.32 Å². The minimum Gasteiger partial charge on any atom is -0.334 e. The molecule has 2 aliphatic heterocycles. The van der Waals surface area contributed by atoms with E-state index in [1.165, 1.54) is 17.0 Å².